The molecular weight excluding hydrogens is 210 g/mol. The molecule has 3 N–H and O–H groups in total. The van der Waals surface area contributed by atoms with Crippen molar-refractivity contribution in [1.82, 2.24) is 0 Å². The largest absolute Gasteiger partial charge is 0.507 e. The third-order valence-corrected chi connectivity index (χ3v) is 2.19. The van der Waals surface area contributed by atoms with Crippen LogP contribution in [0.3, 0.4) is 0 Å². The quantitative estimate of drug-likeness (QED) is 0.643. The first-order valence-corrected chi connectivity index (χ1v) is 4.61. The van der Waals surface area contributed by atoms with Crippen molar-refractivity contribution in [3.8, 4) is 11.8 Å². The van der Waals surface area contributed by atoms with E-state index < -0.39 is 12.2 Å². The smallest absolute Gasteiger partial charge is 0.153 e. The molecule has 0 radical (unpaired) electrons. The van der Waals surface area contributed by atoms with E-state index >= 15 is 0 Å². The molecule has 0 aliphatic rings. The van der Waals surface area contributed by atoms with Crippen molar-refractivity contribution >= 4 is 6.29 Å². The standard InChI is InChI=1S/C11H11NO4/c12-4-3-9(14)11(16)7-1-2-8(6-13)10(15)5-7/h1-2,5-6,9,11,14-16H,3H2. The minimum absolute atomic E-state index is 0.103. The number of nitrogens with zero attached hydrogens (tertiary/aromatic N) is 1. The molecule has 0 aliphatic carbocycles. The summed E-state index contributed by atoms with van der Waals surface area (Å²) < 4.78 is 0. The van der Waals surface area contributed by atoms with Crippen molar-refractivity contribution in [2.24, 2.45) is 0 Å². The molecule has 1 rings (SSSR count). The Hall–Kier alpha value is -1.90. The van der Waals surface area contributed by atoms with Gasteiger partial charge in [0.15, 0.2) is 6.29 Å². The van der Waals surface area contributed by atoms with E-state index in [1.807, 2.05) is 0 Å². The van der Waals surface area contributed by atoms with Gasteiger partial charge in [-0.1, -0.05) is 6.07 Å². The van der Waals surface area contributed by atoms with Gasteiger partial charge in [-0.25, -0.2) is 0 Å². The Kier molecular flexibility index (Phi) is 4.00. The summed E-state index contributed by atoms with van der Waals surface area (Å²) in [6.07, 6.45) is -2.20. The highest BCUT2D eigenvalue weighted by Crippen LogP contribution is 2.24. The van der Waals surface area contributed by atoms with Crippen LogP contribution in [0.4, 0.5) is 0 Å². The van der Waals surface area contributed by atoms with Gasteiger partial charge in [0.25, 0.3) is 0 Å². The third kappa shape index (κ3) is 2.57. The van der Waals surface area contributed by atoms with E-state index in [9.17, 15) is 20.1 Å². The predicted octanol–water partition coefficient (Wildman–Crippen LogP) is 0.513. The van der Waals surface area contributed by atoms with Crippen LogP contribution in [0.25, 0.3) is 0 Å². The third-order valence-electron chi connectivity index (χ3n) is 2.19. The van der Waals surface area contributed by atoms with Crippen LogP contribution >= 0.6 is 0 Å². The molecule has 16 heavy (non-hydrogen) atoms. The molecule has 5 nitrogen and oxygen atoms in total. The van der Waals surface area contributed by atoms with Gasteiger partial charge in [-0.2, -0.15) is 5.26 Å². The molecule has 0 saturated carbocycles. The number of carbonyl (C=O) groups is 1. The molecule has 0 aromatic heterocycles. The first-order valence-electron chi connectivity index (χ1n) is 4.61. The van der Waals surface area contributed by atoms with Gasteiger partial charge in [0.1, 0.15) is 11.9 Å². The Morgan fingerprint density at radius 1 is 1.44 bits per heavy atom. The molecule has 2 unspecified atom stereocenters. The van der Waals surface area contributed by atoms with Crippen LogP contribution in [0.1, 0.15) is 28.4 Å². The number of aldehydes is 1. The van der Waals surface area contributed by atoms with Crippen LogP contribution in [0.5, 0.6) is 5.75 Å². The molecule has 84 valence electrons. The molecule has 0 fully saturated rings. The molecule has 0 spiro atoms. The molecule has 0 bridgehead atoms. The van der Waals surface area contributed by atoms with Gasteiger partial charge in [0.05, 0.1) is 24.2 Å². The number of aromatic hydroxyl groups is 1. The Balaban J connectivity index is 2.93. The summed E-state index contributed by atoms with van der Waals surface area (Å²) in [7, 11) is 0. The van der Waals surface area contributed by atoms with Gasteiger partial charge >= 0.3 is 0 Å². The second-order valence-electron chi connectivity index (χ2n) is 3.31. The van der Waals surface area contributed by atoms with E-state index in [0.717, 1.165) is 0 Å². The van der Waals surface area contributed by atoms with Gasteiger partial charge in [-0.3, -0.25) is 4.79 Å². The van der Waals surface area contributed by atoms with Crippen molar-refractivity contribution in [3.63, 3.8) is 0 Å². The summed E-state index contributed by atoms with van der Waals surface area (Å²) in [5.74, 6) is -0.268. The molecule has 1 aromatic rings. The van der Waals surface area contributed by atoms with E-state index in [1.165, 1.54) is 18.2 Å². The summed E-state index contributed by atoms with van der Waals surface area (Å²) in [5, 5.41) is 36.7. The van der Waals surface area contributed by atoms with Crippen LogP contribution < -0.4 is 0 Å². The predicted molar refractivity (Wildman–Crippen MR) is 54.7 cm³/mol. The minimum atomic E-state index is -1.26. The minimum Gasteiger partial charge on any atom is -0.507 e. The molecular formula is C11H11NO4. The zero-order chi connectivity index (χ0) is 12.1. The van der Waals surface area contributed by atoms with Gasteiger partial charge in [-0.15, -0.1) is 0 Å². The Morgan fingerprint density at radius 3 is 2.62 bits per heavy atom. The molecule has 5 heteroatoms. The Bertz CT molecular complexity index is 424. The van der Waals surface area contributed by atoms with Crippen molar-refractivity contribution < 1.29 is 20.1 Å². The fraction of sp³-hybridized carbons (Fsp3) is 0.273. The van der Waals surface area contributed by atoms with Crippen molar-refractivity contribution in [3.05, 3.63) is 29.3 Å². The second-order valence-corrected chi connectivity index (χ2v) is 3.31. The van der Waals surface area contributed by atoms with Crippen LogP contribution in [0.2, 0.25) is 0 Å². The number of phenolic OH excluding ortho intramolecular Hbond substituents is 1. The van der Waals surface area contributed by atoms with Gasteiger partial charge in [0, 0.05) is 0 Å². The number of benzene rings is 1. The molecule has 0 amide bonds. The lowest BCUT2D eigenvalue weighted by Crippen LogP contribution is -2.17. The average molecular weight is 221 g/mol. The highest BCUT2D eigenvalue weighted by Gasteiger charge is 2.18. The van der Waals surface area contributed by atoms with E-state index in [4.69, 9.17) is 5.26 Å². The lowest BCUT2D eigenvalue weighted by Gasteiger charge is -2.15. The van der Waals surface area contributed by atoms with Gasteiger partial charge in [-0.05, 0) is 17.7 Å². The van der Waals surface area contributed by atoms with Gasteiger partial charge < -0.3 is 15.3 Å². The fourth-order valence-corrected chi connectivity index (χ4v) is 1.27. The van der Waals surface area contributed by atoms with Crippen molar-refractivity contribution in [2.45, 2.75) is 18.6 Å². The molecule has 2 atom stereocenters. The monoisotopic (exact) mass is 221 g/mol. The number of hydrogen-bond acceptors (Lipinski definition) is 5. The van der Waals surface area contributed by atoms with Crippen LogP contribution in [-0.2, 0) is 0 Å². The maximum absolute atomic E-state index is 10.4. The number of phenols is 1. The van der Waals surface area contributed by atoms with E-state index in [1.54, 1.807) is 6.07 Å². The Labute approximate surface area is 92.2 Å². The highest BCUT2D eigenvalue weighted by atomic mass is 16.3. The van der Waals surface area contributed by atoms with Crippen molar-refractivity contribution in [2.75, 3.05) is 0 Å². The van der Waals surface area contributed by atoms with Crippen LogP contribution in [0.15, 0.2) is 18.2 Å². The lowest BCUT2D eigenvalue weighted by molar-refractivity contribution is 0.0215. The number of aliphatic hydroxyl groups is 2. The zero-order valence-corrected chi connectivity index (χ0v) is 8.37. The topological polar surface area (TPSA) is 102 Å². The summed E-state index contributed by atoms with van der Waals surface area (Å²) in [6, 6.07) is 5.66. The summed E-state index contributed by atoms with van der Waals surface area (Å²) in [5.41, 5.74) is 0.358. The highest BCUT2D eigenvalue weighted by molar-refractivity contribution is 5.79. The molecule has 0 aliphatic heterocycles. The summed E-state index contributed by atoms with van der Waals surface area (Å²) in [4.78, 5) is 10.4. The van der Waals surface area contributed by atoms with Crippen LogP contribution in [-0.4, -0.2) is 27.7 Å². The zero-order valence-electron chi connectivity index (χ0n) is 8.37. The molecule has 1 aromatic carbocycles. The summed E-state index contributed by atoms with van der Waals surface area (Å²) >= 11 is 0. The number of aliphatic hydroxyl groups excluding tert-OH is 2. The lowest BCUT2D eigenvalue weighted by atomic mass is 10.0. The summed E-state index contributed by atoms with van der Waals surface area (Å²) in [6.45, 7) is 0. The SMILES string of the molecule is N#CCC(O)C(O)c1ccc(C=O)c(O)c1. The van der Waals surface area contributed by atoms with Gasteiger partial charge in [0.2, 0.25) is 0 Å². The maximum Gasteiger partial charge on any atom is 0.153 e. The second kappa shape index (κ2) is 5.26. The fourth-order valence-electron chi connectivity index (χ4n) is 1.27. The number of hydrogen-bond donors (Lipinski definition) is 3. The number of carbonyl (C=O) groups excluding carboxylic acids is 1. The average Bonchev–Trinajstić information content (AvgIpc) is 2.28. The van der Waals surface area contributed by atoms with E-state index in [2.05, 4.69) is 0 Å². The Morgan fingerprint density at radius 2 is 2.12 bits per heavy atom. The van der Waals surface area contributed by atoms with Crippen LogP contribution in [0, 0.1) is 11.3 Å². The normalized spacial score (nSPS) is 13.8. The maximum atomic E-state index is 10.4. The first kappa shape index (κ1) is 12.2. The number of nitriles is 1. The van der Waals surface area contributed by atoms with Crippen molar-refractivity contribution in [1.29, 1.82) is 5.26 Å². The van der Waals surface area contributed by atoms with E-state index in [-0.39, 0.29) is 23.3 Å². The molecule has 0 saturated heterocycles. The number of rotatable bonds is 4. The molecule has 0 heterocycles. The first-order chi connectivity index (χ1) is 7.60. The van der Waals surface area contributed by atoms with E-state index in [0.29, 0.717) is 6.29 Å².